The third kappa shape index (κ3) is 10.6. The highest BCUT2D eigenvalue weighted by Gasteiger charge is 2.20. The number of piperazine rings is 2. The highest BCUT2D eigenvalue weighted by Crippen LogP contribution is 2.29. The van der Waals surface area contributed by atoms with Gasteiger partial charge in [-0.1, -0.05) is 48.0 Å². The largest absolute Gasteiger partial charge is 0.495 e. The van der Waals surface area contributed by atoms with Crippen LogP contribution in [0.15, 0.2) is 109 Å². The van der Waals surface area contributed by atoms with Crippen molar-refractivity contribution in [2.24, 2.45) is 0 Å². The van der Waals surface area contributed by atoms with Crippen molar-refractivity contribution in [1.29, 1.82) is 0 Å². The van der Waals surface area contributed by atoms with E-state index in [2.05, 4.69) is 54.1 Å². The van der Waals surface area contributed by atoms with E-state index in [-0.39, 0.29) is 0 Å². The molecule has 0 amide bonds. The van der Waals surface area contributed by atoms with E-state index < -0.39 is 0 Å². The number of anilines is 2. The predicted molar refractivity (Wildman–Crippen MR) is 222 cm³/mol. The van der Waals surface area contributed by atoms with Gasteiger partial charge in [-0.15, -0.1) is 10.2 Å². The number of ether oxygens (including phenoxy) is 3. The van der Waals surface area contributed by atoms with Gasteiger partial charge in [-0.25, -0.2) is 9.03 Å². The van der Waals surface area contributed by atoms with Gasteiger partial charge in [0.2, 0.25) is 11.8 Å². The molecular formula is C43H53ClN8O3. The fourth-order valence-corrected chi connectivity index (χ4v) is 7.48. The molecule has 2 aliphatic rings. The molecule has 0 bridgehead atoms. The van der Waals surface area contributed by atoms with Crippen molar-refractivity contribution in [2.75, 3.05) is 95.6 Å². The van der Waals surface area contributed by atoms with Crippen LogP contribution in [0.25, 0.3) is 11.0 Å². The lowest BCUT2D eigenvalue weighted by molar-refractivity contribution is 0.236. The lowest BCUT2D eigenvalue weighted by Gasteiger charge is -2.36. The summed E-state index contributed by atoms with van der Waals surface area (Å²) in [6.07, 6.45) is 8.23. The Morgan fingerprint density at radius 3 is 1.53 bits per heavy atom. The normalized spacial score (nSPS) is 15.2. The Morgan fingerprint density at radius 1 is 0.545 bits per heavy atom. The first kappa shape index (κ1) is 38.3. The minimum absolute atomic E-state index is 0.703. The number of unbranched alkanes of at least 4 members (excludes halogenated alkanes) is 2. The number of benzene rings is 2. The van der Waals surface area contributed by atoms with Gasteiger partial charge in [0.1, 0.15) is 5.75 Å². The Labute approximate surface area is 329 Å². The molecule has 2 aliphatic heterocycles. The minimum atomic E-state index is 0.703. The number of halogens is 1. The maximum atomic E-state index is 6.31. The first-order valence-corrected chi connectivity index (χ1v) is 20.0. The van der Waals surface area contributed by atoms with E-state index in [0.717, 1.165) is 119 Å². The van der Waals surface area contributed by atoms with Crippen LogP contribution in [0.2, 0.25) is 5.02 Å². The van der Waals surface area contributed by atoms with Crippen LogP contribution >= 0.6 is 11.6 Å². The molecule has 0 unspecified atom stereocenters. The molecule has 4 aromatic heterocycles. The summed E-state index contributed by atoms with van der Waals surface area (Å²) in [7, 11) is 1.74. The Balaban J connectivity index is 0.000000169. The molecule has 2 aromatic carbocycles. The molecule has 12 heteroatoms. The van der Waals surface area contributed by atoms with Crippen LogP contribution in [-0.4, -0.2) is 115 Å². The number of nitrogens with zero attached hydrogens (tertiary/aromatic N) is 8. The number of rotatable bonds is 15. The zero-order chi connectivity index (χ0) is 37.7. The van der Waals surface area contributed by atoms with Crippen LogP contribution in [0.1, 0.15) is 25.7 Å². The first-order valence-electron chi connectivity index (χ1n) is 19.6. The molecule has 0 atom stereocenters. The molecule has 55 heavy (non-hydrogen) atoms. The van der Waals surface area contributed by atoms with Gasteiger partial charge >= 0.3 is 0 Å². The molecule has 2 saturated heterocycles. The summed E-state index contributed by atoms with van der Waals surface area (Å²) in [5.74, 6) is 2.37. The zero-order valence-electron chi connectivity index (χ0n) is 31.9. The molecule has 290 valence electrons. The van der Waals surface area contributed by atoms with Crippen LogP contribution in [0.3, 0.4) is 0 Å². The van der Waals surface area contributed by atoms with Crippen molar-refractivity contribution in [3.8, 4) is 17.5 Å². The van der Waals surface area contributed by atoms with Crippen LogP contribution in [0.5, 0.6) is 17.5 Å². The lowest BCUT2D eigenvalue weighted by Crippen LogP contribution is -2.46. The third-order valence-electron chi connectivity index (χ3n) is 10.3. The van der Waals surface area contributed by atoms with E-state index in [1.807, 2.05) is 94.2 Å². The summed E-state index contributed by atoms with van der Waals surface area (Å²) >= 11 is 6.31. The number of aromatic nitrogens is 4. The second kappa shape index (κ2) is 19.6. The summed E-state index contributed by atoms with van der Waals surface area (Å²) in [5, 5.41) is 9.67. The summed E-state index contributed by atoms with van der Waals surface area (Å²) in [6.45, 7) is 12.1. The number of para-hydroxylation sites is 3. The topological polar surface area (TPSA) is 75.2 Å². The monoisotopic (exact) mass is 764 g/mol. The average Bonchev–Trinajstić information content (AvgIpc) is 3.85. The van der Waals surface area contributed by atoms with Crippen molar-refractivity contribution in [3.63, 3.8) is 0 Å². The second-order valence-electron chi connectivity index (χ2n) is 14.0. The van der Waals surface area contributed by atoms with Crippen molar-refractivity contribution in [2.45, 2.75) is 25.7 Å². The molecule has 8 rings (SSSR count). The number of fused-ring (bicyclic) bond motifs is 2. The smallest absolute Gasteiger partial charge is 0.233 e. The third-order valence-corrected chi connectivity index (χ3v) is 10.6. The van der Waals surface area contributed by atoms with Crippen molar-refractivity contribution in [3.05, 3.63) is 114 Å². The Bertz CT molecular complexity index is 1990. The SMILES string of the molecule is COc1ccccc1N1CCN(CCCCOc2cc3ccccn3n2)CC1.Clc1ccccc1N1CCN(CCCCOc2cc3ccccn3n2)CC1. The fraction of sp³-hybridized carbons (Fsp3) is 0.395. The van der Waals surface area contributed by atoms with Gasteiger partial charge in [0.25, 0.3) is 0 Å². The van der Waals surface area contributed by atoms with Crippen LogP contribution < -0.4 is 24.0 Å². The number of pyridine rings is 2. The van der Waals surface area contributed by atoms with E-state index in [1.165, 1.54) is 5.69 Å². The molecule has 0 spiro atoms. The van der Waals surface area contributed by atoms with Crippen LogP contribution in [0, 0.1) is 0 Å². The molecule has 0 radical (unpaired) electrons. The van der Waals surface area contributed by atoms with Gasteiger partial charge in [0.15, 0.2) is 0 Å². The van der Waals surface area contributed by atoms with Gasteiger partial charge in [-0.2, -0.15) is 0 Å². The number of hydrogen-bond donors (Lipinski definition) is 0. The van der Waals surface area contributed by atoms with Crippen molar-refractivity contribution < 1.29 is 14.2 Å². The lowest BCUT2D eigenvalue weighted by atomic mass is 10.2. The van der Waals surface area contributed by atoms with Gasteiger partial charge in [0, 0.05) is 76.9 Å². The number of methoxy groups -OCH3 is 1. The quantitative estimate of drug-likeness (QED) is 0.100. The second-order valence-corrected chi connectivity index (χ2v) is 14.4. The van der Waals surface area contributed by atoms with E-state index in [0.29, 0.717) is 25.0 Å². The predicted octanol–water partition coefficient (Wildman–Crippen LogP) is 7.29. The van der Waals surface area contributed by atoms with Gasteiger partial charge < -0.3 is 24.0 Å². The minimum Gasteiger partial charge on any atom is -0.495 e. The first-order chi connectivity index (χ1) is 27.1. The highest BCUT2D eigenvalue weighted by molar-refractivity contribution is 6.33. The molecular weight excluding hydrogens is 712 g/mol. The van der Waals surface area contributed by atoms with E-state index in [1.54, 1.807) is 7.11 Å². The summed E-state index contributed by atoms with van der Waals surface area (Å²) in [6, 6.07) is 32.4. The summed E-state index contributed by atoms with van der Waals surface area (Å²) in [4.78, 5) is 9.86. The molecule has 0 saturated carbocycles. The number of hydrogen-bond acceptors (Lipinski definition) is 9. The highest BCUT2D eigenvalue weighted by atomic mass is 35.5. The average molecular weight is 765 g/mol. The van der Waals surface area contributed by atoms with Crippen LogP contribution in [-0.2, 0) is 0 Å². The Hall–Kier alpha value is -4.97. The van der Waals surface area contributed by atoms with Crippen molar-refractivity contribution in [1.82, 2.24) is 29.0 Å². The maximum absolute atomic E-state index is 6.31. The zero-order valence-corrected chi connectivity index (χ0v) is 32.6. The summed E-state index contributed by atoms with van der Waals surface area (Å²) in [5.41, 5.74) is 4.47. The van der Waals surface area contributed by atoms with E-state index in [9.17, 15) is 0 Å². The molecule has 6 heterocycles. The van der Waals surface area contributed by atoms with Gasteiger partial charge in [-0.05, 0) is 87.3 Å². The Kier molecular flexibility index (Phi) is 13.6. The molecule has 11 nitrogen and oxygen atoms in total. The molecule has 0 N–H and O–H groups in total. The standard InChI is InChI=1S/C22H28N4O2.C21H25ClN4O/c1-27-21-10-3-2-9-20(21)25-15-13-24(14-16-25)11-6-7-17-28-22-18-19-8-4-5-12-26(19)23-22;22-19-8-1-2-9-20(19)25-14-12-24(13-15-25)10-5-6-16-27-21-17-18-7-3-4-11-26(18)23-21/h2-5,8-10,12,18H,6-7,11,13-17H2,1H3;1-4,7-9,11,17H,5-6,10,12-16H2. The van der Waals surface area contributed by atoms with Gasteiger partial charge in [-0.3, -0.25) is 9.80 Å². The Morgan fingerprint density at radius 2 is 1.02 bits per heavy atom. The fourth-order valence-electron chi connectivity index (χ4n) is 7.22. The van der Waals surface area contributed by atoms with Crippen LogP contribution in [0.4, 0.5) is 11.4 Å². The maximum Gasteiger partial charge on any atom is 0.233 e. The molecule has 0 aliphatic carbocycles. The molecule has 6 aromatic rings. The van der Waals surface area contributed by atoms with Crippen molar-refractivity contribution >= 4 is 34.0 Å². The van der Waals surface area contributed by atoms with Gasteiger partial charge in [0.05, 0.1) is 47.8 Å². The summed E-state index contributed by atoms with van der Waals surface area (Å²) < 4.78 is 20.8. The molecule has 2 fully saturated rings. The van der Waals surface area contributed by atoms with E-state index >= 15 is 0 Å². The van der Waals surface area contributed by atoms with E-state index in [4.69, 9.17) is 25.8 Å².